The Kier molecular flexibility index (Phi) is 7.48. The molecule has 0 bridgehead atoms. The summed E-state index contributed by atoms with van der Waals surface area (Å²) in [5.74, 6) is 0.732. The van der Waals surface area contributed by atoms with Crippen LogP contribution in [0.25, 0.3) is 28.6 Å². The molecular formula is C26H28N2O. The number of nitrogens with zero attached hydrogens (tertiary/aromatic N) is 2. The van der Waals surface area contributed by atoms with Crippen molar-refractivity contribution < 1.29 is 5.11 Å². The summed E-state index contributed by atoms with van der Waals surface area (Å²) in [6.45, 7) is 5.60. The minimum atomic E-state index is -0.215. The van der Waals surface area contributed by atoms with Crippen LogP contribution in [0.3, 0.4) is 0 Å². The molecule has 2 aromatic carbocycles. The zero-order chi connectivity index (χ0) is 20.5. The van der Waals surface area contributed by atoms with Crippen molar-refractivity contribution in [3.63, 3.8) is 0 Å². The molecule has 1 atom stereocenters. The molecule has 3 aromatic rings. The van der Waals surface area contributed by atoms with E-state index in [1.807, 2.05) is 25.4 Å². The Labute approximate surface area is 173 Å². The number of aliphatic hydroxyl groups is 1. The number of allylic oxidation sites excluding steroid dienone is 2. The molecule has 148 valence electrons. The SMILES string of the molecule is C=CCc1ccc(-c2ncc(-c3ccc(/C=C/CCCC(C)O)cc3)cn2)cc1. The van der Waals surface area contributed by atoms with Crippen LogP contribution in [-0.4, -0.2) is 21.2 Å². The zero-order valence-corrected chi connectivity index (χ0v) is 17.0. The molecule has 0 saturated heterocycles. The molecule has 1 heterocycles. The molecule has 0 spiro atoms. The van der Waals surface area contributed by atoms with Gasteiger partial charge in [-0.15, -0.1) is 6.58 Å². The van der Waals surface area contributed by atoms with Crippen LogP contribution < -0.4 is 0 Å². The predicted octanol–water partition coefficient (Wildman–Crippen LogP) is 6.10. The van der Waals surface area contributed by atoms with E-state index < -0.39 is 0 Å². The largest absolute Gasteiger partial charge is 0.393 e. The third-order valence-electron chi connectivity index (χ3n) is 4.79. The van der Waals surface area contributed by atoms with Crippen LogP contribution in [0, 0.1) is 0 Å². The number of benzene rings is 2. The molecule has 3 rings (SSSR count). The Balaban J connectivity index is 1.62. The molecule has 3 nitrogen and oxygen atoms in total. The Morgan fingerprint density at radius 1 is 0.931 bits per heavy atom. The van der Waals surface area contributed by atoms with Crippen molar-refractivity contribution >= 4 is 6.08 Å². The lowest BCUT2D eigenvalue weighted by molar-refractivity contribution is 0.182. The van der Waals surface area contributed by atoms with E-state index in [0.29, 0.717) is 0 Å². The lowest BCUT2D eigenvalue weighted by atomic mass is 10.1. The summed E-state index contributed by atoms with van der Waals surface area (Å²) in [7, 11) is 0. The summed E-state index contributed by atoms with van der Waals surface area (Å²) in [6.07, 6.45) is 13.4. The summed E-state index contributed by atoms with van der Waals surface area (Å²) in [5, 5.41) is 9.28. The standard InChI is InChI=1S/C26H28N2O/c1-3-7-21-12-16-24(17-13-21)26-27-18-25(19-28-26)23-14-10-22(11-15-23)9-6-4-5-8-20(2)29/h3,6,9-20,29H,1,4-5,7-8H2,2H3/b9-6+. The van der Waals surface area contributed by atoms with Gasteiger partial charge < -0.3 is 5.11 Å². The minimum absolute atomic E-state index is 0.215. The first-order valence-corrected chi connectivity index (χ1v) is 10.1. The number of unbranched alkanes of at least 4 members (excludes halogenated alkanes) is 1. The second-order valence-corrected chi connectivity index (χ2v) is 7.29. The monoisotopic (exact) mass is 384 g/mol. The van der Waals surface area contributed by atoms with Gasteiger partial charge >= 0.3 is 0 Å². The number of rotatable bonds is 9. The Morgan fingerprint density at radius 3 is 2.21 bits per heavy atom. The van der Waals surface area contributed by atoms with E-state index in [4.69, 9.17) is 0 Å². The van der Waals surface area contributed by atoms with Gasteiger partial charge in [-0.3, -0.25) is 0 Å². The van der Waals surface area contributed by atoms with E-state index in [1.54, 1.807) is 0 Å². The van der Waals surface area contributed by atoms with E-state index in [-0.39, 0.29) is 6.10 Å². The van der Waals surface area contributed by atoms with Gasteiger partial charge in [0.1, 0.15) is 0 Å². The smallest absolute Gasteiger partial charge is 0.159 e. The third kappa shape index (κ3) is 6.23. The van der Waals surface area contributed by atoms with Gasteiger partial charge in [0.25, 0.3) is 0 Å². The van der Waals surface area contributed by atoms with Gasteiger partial charge in [-0.05, 0) is 49.3 Å². The van der Waals surface area contributed by atoms with Gasteiger partial charge in [-0.25, -0.2) is 9.97 Å². The molecule has 0 aliphatic heterocycles. The Bertz CT molecular complexity index is 924. The Morgan fingerprint density at radius 2 is 1.59 bits per heavy atom. The molecule has 0 fully saturated rings. The maximum Gasteiger partial charge on any atom is 0.159 e. The van der Waals surface area contributed by atoms with Crippen LogP contribution >= 0.6 is 0 Å². The lowest BCUT2D eigenvalue weighted by Gasteiger charge is -2.05. The number of hydrogen-bond donors (Lipinski definition) is 1. The normalized spacial score (nSPS) is 12.2. The topological polar surface area (TPSA) is 46.0 Å². The maximum absolute atomic E-state index is 9.28. The van der Waals surface area contributed by atoms with Crippen LogP contribution in [0.5, 0.6) is 0 Å². The van der Waals surface area contributed by atoms with Crippen molar-refractivity contribution in [2.45, 2.75) is 38.7 Å². The van der Waals surface area contributed by atoms with Crippen molar-refractivity contribution in [1.82, 2.24) is 9.97 Å². The first-order chi connectivity index (χ1) is 14.2. The molecule has 1 unspecified atom stereocenters. The summed E-state index contributed by atoms with van der Waals surface area (Å²) in [5.41, 5.74) is 5.52. The molecule has 1 aromatic heterocycles. The van der Waals surface area contributed by atoms with Crippen LogP contribution in [0.2, 0.25) is 0 Å². The number of aliphatic hydroxyl groups excluding tert-OH is 1. The molecule has 29 heavy (non-hydrogen) atoms. The molecule has 3 heteroatoms. The second-order valence-electron chi connectivity index (χ2n) is 7.29. The van der Waals surface area contributed by atoms with Crippen molar-refractivity contribution in [2.24, 2.45) is 0 Å². The van der Waals surface area contributed by atoms with Gasteiger partial charge in [0.2, 0.25) is 0 Å². The molecule has 1 N–H and O–H groups in total. The van der Waals surface area contributed by atoms with E-state index in [1.165, 1.54) is 11.1 Å². The van der Waals surface area contributed by atoms with Gasteiger partial charge in [0, 0.05) is 23.5 Å². The van der Waals surface area contributed by atoms with Gasteiger partial charge in [0.05, 0.1) is 6.10 Å². The first-order valence-electron chi connectivity index (χ1n) is 10.1. The lowest BCUT2D eigenvalue weighted by Crippen LogP contribution is -1.97. The van der Waals surface area contributed by atoms with E-state index in [9.17, 15) is 5.11 Å². The molecule has 0 saturated carbocycles. The maximum atomic E-state index is 9.28. The molecule has 0 radical (unpaired) electrons. The summed E-state index contributed by atoms with van der Waals surface area (Å²) in [4.78, 5) is 9.08. The molecule has 0 amide bonds. The van der Waals surface area contributed by atoms with Crippen molar-refractivity contribution in [3.05, 3.63) is 90.8 Å². The fourth-order valence-electron chi connectivity index (χ4n) is 3.12. The van der Waals surface area contributed by atoms with Crippen LogP contribution in [-0.2, 0) is 6.42 Å². The van der Waals surface area contributed by atoms with Crippen molar-refractivity contribution in [3.8, 4) is 22.5 Å². The first kappa shape index (κ1) is 20.7. The van der Waals surface area contributed by atoms with Gasteiger partial charge in [0.15, 0.2) is 5.82 Å². The summed E-state index contributed by atoms with van der Waals surface area (Å²) in [6, 6.07) is 16.7. The highest BCUT2D eigenvalue weighted by Gasteiger charge is 2.03. The minimum Gasteiger partial charge on any atom is -0.393 e. The van der Waals surface area contributed by atoms with Gasteiger partial charge in [-0.2, -0.15) is 0 Å². The molecule has 0 aliphatic carbocycles. The highest BCUT2D eigenvalue weighted by molar-refractivity contribution is 5.65. The van der Waals surface area contributed by atoms with Crippen LogP contribution in [0.4, 0.5) is 0 Å². The highest BCUT2D eigenvalue weighted by Crippen LogP contribution is 2.22. The summed E-state index contributed by atoms with van der Waals surface area (Å²) < 4.78 is 0. The number of hydrogen-bond acceptors (Lipinski definition) is 3. The molecular weight excluding hydrogens is 356 g/mol. The van der Waals surface area contributed by atoms with Crippen LogP contribution in [0.15, 0.2) is 79.7 Å². The number of aromatic nitrogens is 2. The van der Waals surface area contributed by atoms with E-state index in [0.717, 1.165) is 48.2 Å². The van der Waals surface area contributed by atoms with Gasteiger partial charge in [-0.1, -0.05) is 66.8 Å². The van der Waals surface area contributed by atoms with Crippen molar-refractivity contribution in [1.29, 1.82) is 0 Å². The molecule has 0 aliphatic rings. The highest BCUT2D eigenvalue weighted by atomic mass is 16.3. The fourth-order valence-corrected chi connectivity index (χ4v) is 3.12. The van der Waals surface area contributed by atoms with E-state index in [2.05, 4.69) is 77.2 Å². The quantitative estimate of drug-likeness (QED) is 0.358. The fraction of sp³-hybridized carbons (Fsp3) is 0.231. The Hall–Kier alpha value is -3.04. The summed E-state index contributed by atoms with van der Waals surface area (Å²) >= 11 is 0. The second kappa shape index (κ2) is 10.5. The average Bonchev–Trinajstić information content (AvgIpc) is 2.75. The predicted molar refractivity (Wildman–Crippen MR) is 121 cm³/mol. The average molecular weight is 385 g/mol. The zero-order valence-electron chi connectivity index (χ0n) is 17.0. The third-order valence-corrected chi connectivity index (χ3v) is 4.79. The van der Waals surface area contributed by atoms with Crippen LogP contribution in [0.1, 0.15) is 37.3 Å². The van der Waals surface area contributed by atoms with E-state index >= 15 is 0 Å². The van der Waals surface area contributed by atoms with Crippen molar-refractivity contribution in [2.75, 3.05) is 0 Å².